The number of unbranched alkanes of at least 4 members (excludes halogenated alkanes) is 2. The molecule has 0 saturated heterocycles. The van der Waals surface area contributed by atoms with E-state index in [2.05, 4.69) is 65.8 Å². The van der Waals surface area contributed by atoms with Crippen molar-refractivity contribution in [2.75, 3.05) is 81.2 Å². The molecule has 0 saturated carbocycles. The molecule has 412 valence electrons. The molecular formula is C54H75N4O16P. The zero-order valence-electron chi connectivity index (χ0n) is 43.5. The molecule has 0 heterocycles. The van der Waals surface area contributed by atoms with Gasteiger partial charge in [0.2, 0.25) is 0 Å². The fourth-order valence-electron chi connectivity index (χ4n) is 6.60. The number of allylic oxidation sites excluding steroid dienone is 6. The average molecular weight is 1070 g/mol. The van der Waals surface area contributed by atoms with Crippen LogP contribution < -0.4 is 21.3 Å². The van der Waals surface area contributed by atoms with Gasteiger partial charge in [0.15, 0.2) is 0 Å². The fraction of sp³-hybridized carbons (Fsp3) is 0.444. The molecule has 0 spiro atoms. The Morgan fingerprint density at radius 1 is 0.507 bits per heavy atom. The van der Waals surface area contributed by atoms with Gasteiger partial charge in [-0.05, 0) is 144 Å². The van der Waals surface area contributed by atoms with Gasteiger partial charge in [-0.2, -0.15) is 0 Å². The molecule has 0 bridgehead atoms. The molecule has 0 aliphatic rings. The molecule has 0 radical (unpaired) electrons. The number of nitrogens with one attached hydrogen (secondary N) is 4. The van der Waals surface area contributed by atoms with E-state index in [-0.39, 0.29) is 64.7 Å². The Balaban J connectivity index is 1.53. The number of rotatable bonds is 38. The number of hydrogen-bond acceptors (Lipinski definition) is 16. The van der Waals surface area contributed by atoms with Crippen molar-refractivity contribution < 1.29 is 75.3 Å². The molecule has 20 nitrogen and oxygen atoms in total. The van der Waals surface area contributed by atoms with Gasteiger partial charge >= 0.3 is 44.1 Å². The first-order valence-corrected chi connectivity index (χ1v) is 26.1. The highest BCUT2D eigenvalue weighted by molar-refractivity contribution is 7.48. The number of benzene rings is 2. The quantitative estimate of drug-likeness (QED) is 0.0122. The molecule has 0 aromatic heterocycles. The second-order valence-electron chi connectivity index (χ2n) is 16.5. The molecule has 2 rings (SSSR count). The van der Waals surface area contributed by atoms with Crippen LogP contribution in [-0.4, -0.2) is 96.3 Å². The van der Waals surface area contributed by atoms with Gasteiger partial charge in [-0.1, -0.05) is 49.6 Å². The fourth-order valence-corrected chi connectivity index (χ4v) is 7.59. The number of amides is 4. The molecule has 75 heavy (non-hydrogen) atoms. The van der Waals surface area contributed by atoms with Gasteiger partial charge in [0.05, 0.1) is 26.4 Å². The van der Waals surface area contributed by atoms with Crippen molar-refractivity contribution in [1.29, 1.82) is 0 Å². The Labute approximate surface area is 440 Å². The van der Waals surface area contributed by atoms with E-state index in [0.29, 0.717) is 66.0 Å². The molecule has 3 atom stereocenters. The SMILES string of the molecule is C=CC(=O)OCCOC(=O)Nc1ccc(NC(=O)OCCC/C=C/CCC(C=C)CCCOP(=O)(OC)OCCC/C=C/CC(C=C)CCCOC(=O)Nc2ccc(NC(=O)OCCOC(=O)C=C)c(C)c2)cc1C. The van der Waals surface area contributed by atoms with Crippen LogP contribution in [0.25, 0.3) is 0 Å². The minimum atomic E-state index is -3.69. The molecule has 3 unspecified atom stereocenters. The second kappa shape index (κ2) is 38.6. The van der Waals surface area contributed by atoms with Crippen LogP contribution in [0.2, 0.25) is 0 Å². The Morgan fingerprint density at radius 3 is 1.41 bits per heavy atom. The predicted octanol–water partition coefficient (Wildman–Crippen LogP) is 12.5. The van der Waals surface area contributed by atoms with E-state index >= 15 is 0 Å². The lowest BCUT2D eigenvalue weighted by atomic mass is 9.98. The number of aryl methyl sites for hydroxylation is 2. The molecule has 4 amide bonds. The topological polar surface area (TPSA) is 251 Å². The van der Waals surface area contributed by atoms with Crippen LogP contribution in [0.15, 0.2) is 111 Å². The van der Waals surface area contributed by atoms with Crippen molar-refractivity contribution in [3.63, 3.8) is 0 Å². The molecule has 0 aliphatic carbocycles. The Hall–Kier alpha value is -6.99. The summed E-state index contributed by atoms with van der Waals surface area (Å²) in [6, 6.07) is 9.82. The normalized spacial score (nSPS) is 12.5. The summed E-state index contributed by atoms with van der Waals surface area (Å²) >= 11 is 0. The summed E-state index contributed by atoms with van der Waals surface area (Å²) in [5, 5.41) is 10.5. The summed E-state index contributed by atoms with van der Waals surface area (Å²) in [4.78, 5) is 70.8. The Kier molecular flexibility index (Phi) is 33.0. The zero-order chi connectivity index (χ0) is 55.1. The van der Waals surface area contributed by atoms with Crippen LogP contribution >= 0.6 is 7.82 Å². The molecule has 21 heteroatoms. The Bertz CT molecular complexity index is 2270. The lowest BCUT2D eigenvalue weighted by Crippen LogP contribution is -2.18. The van der Waals surface area contributed by atoms with E-state index in [0.717, 1.165) is 50.7 Å². The summed E-state index contributed by atoms with van der Waals surface area (Å²) in [7, 11) is -2.39. The largest absolute Gasteiger partial charge is 0.474 e. The van der Waals surface area contributed by atoms with Gasteiger partial charge in [-0.25, -0.2) is 33.3 Å². The van der Waals surface area contributed by atoms with E-state index in [1.54, 1.807) is 50.2 Å². The lowest BCUT2D eigenvalue weighted by Gasteiger charge is -2.16. The van der Waals surface area contributed by atoms with Crippen molar-refractivity contribution in [3.05, 3.63) is 122 Å². The van der Waals surface area contributed by atoms with Crippen molar-refractivity contribution in [3.8, 4) is 0 Å². The highest BCUT2D eigenvalue weighted by Crippen LogP contribution is 2.48. The number of carbonyl (C=O) groups excluding carboxylic acids is 6. The minimum absolute atomic E-state index is 0.0957. The maximum absolute atomic E-state index is 13.0. The summed E-state index contributed by atoms with van der Waals surface area (Å²) in [5.74, 6) is -0.790. The van der Waals surface area contributed by atoms with E-state index < -0.39 is 44.1 Å². The third-order valence-corrected chi connectivity index (χ3v) is 12.1. The monoisotopic (exact) mass is 1070 g/mol. The summed E-state index contributed by atoms with van der Waals surface area (Å²) in [6.45, 7) is 18.4. The molecular weight excluding hydrogens is 992 g/mol. The number of carbonyl (C=O) groups is 6. The number of hydrogen-bond donors (Lipinski definition) is 4. The van der Waals surface area contributed by atoms with Crippen molar-refractivity contribution >= 4 is 66.9 Å². The van der Waals surface area contributed by atoms with Crippen LogP contribution in [0.4, 0.5) is 41.9 Å². The average Bonchev–Trinajstić information content (AvgIpc) is 3.39. The minimum Gasteiger partial charge on any atom is -0.459 e. The van der Waals surface area contributed by atoms with Gasteiger partial charge in [0, 0.05) is 42.0 Å². The van der Waals surface area contributed by atoms with Crippen LogP contribution in [0.5, 0.6) is 0 Å². The molecule has 0 aliphatic heterocycles. The van der Waals surface area contributed by atoms with Gasteiger partial charge < -0.3 is 28.4 Å². The highest BCUT2D eigenvalue weighted by Gasteiger charge is 2.24. The van der Waals surface area contributed by atoms with Gasteiger partial charge in [-0.3, -0.25) is 34.8 Å². The maximum Gasteiger partial charge on any atom is 0.474 e. The standard InChI is InChI=1S/C54H75N4O16P/c1-8-43(25-21-32-70-52(62)56-46-28-30-48(42(6)40-46)58-54(64)72-38-36-68-50(60)11-4)24-18-14-16-20-33-73-75(65,66-7)74-34-22-26-44(9-2)23-17-13-12-15-19-31-69-51(61)55-45-27-29-47(41(5)39-45)57-53(63)71-37-35-67-49(59)10-3/h8-14,18,27-30,39-40,43-44H,1-4,15-17,19-26,31-38H2,5-7H3,(H,55,61)(H,56,62)(H,57,63)(H,58,64)/b13-12+,18-14+. The summed E-state index contributed by atoms with van der Waals surface area (Å²) in [5.41, 5.74) is 3.31. The number of anilines is 4. The van der Waals surface area contributed by atoms with Gasteiger partial charge in [0.25, 0.3) is 0 Å². The predicted molar refractivity (Wildman–Crippen MR) is 288 cm³/mol. The zero-order valence-corrected chi connectivity index (χ0v) is 44.4. The van der Waals surface area contributed by atoms with Crippen LogP contribution in [0, 0.1) is 25.7 Å². The smallest absolute Gasteiger partial charge is 0.459 e. The molecule has 0 fully saturated rings. The van der Waals surface area contributed by atoms with E-state index in [1.807, 2.05) is 18.2 Å². The number of esters is 2. The van der Waals surface area contributed by atoms with Crippen LogP contribution in [0.3, 0.4) is 0 Å². The van der Waals surface area contributed by atoms with Crippen LogP contribution in [0.1, 0.15) is 81.8 Å². The van der Waals surface area contributed by atoms with E-state index in [4.69, 9.17) is 42.0 Å². The molecule has 4 N–H and O–H groups in total. The first-order valence-electron chi connectivity index (χ1n) is 24.7. The van der Waals surface area contributed by atoms with Crippen LogP contribution in [-0.2, 0) is 56.1 Å². The van der Waals surface area contributed by atoms with Crippen molar-refractivity contribution in [2.24, 2.45) is 11.8 Å². The van der Waals surface area contributed by atoms with Crippen molar-refractivity contribution in [1.82, 2.24) is 0 Å². The maximum atomic E-state index is 13.0. The third-order valence-electron chi connectivity index (χ3n) is 10.7. The van der Waals surface area contributed by atoms with E-state index in [9.17, 15) is 33.3 Å². The first-order chi connectivity index (χ1) is 36.1. The van der Waals surface area contributed by atoms with Gasteiger partial charge in [0.1, 0.15) is 26.4 Å². The van der Waals surface area contributed by atoms with E-state index in [1.165, 1.54) is 7.11 Å². The Morgan fingerprint density at radius 2 is 0.920 bits per heavy atom. The second-order valence-corrected chi connectivity index (χ2v) is 18.2. The third kappa shape index (κ3) is 30.1. The number of phosphoric acid groups is 1. The number of ether oxygens (including phenoxy) is 6. The van der Waals surface area contributed by atoms with Gasteiger partial charge in [-0.15, -0.1) is 13.2 Å². The number of phosphoric ester groups is 1. The summed E-state index contributed by atoms with van der Waals surface area (Å²) in [6.07, 6.45) is 19.5. The first kappa shape index (κ1) is 64.1. The summed E-state index contributed by atoms with van der Waals surface area (Å²) < 4.78 is 59.3. The highest BCUT2D eigenvalue weighted by atomic mass is 31.2. The molecule has 2 aromatic carbocycles. The van der Waals surface area contributed by atoms with Crippen molar-refractivity contribution in [2.45, 2.75) is 84.5 Å². The lowest BCUT2D eigenvalue weighted by molar-refractivity contribution is -0.139. The molecule has 2 aromatic rings.